The van der Waals surface area contributed by atoms with Gasteiger partial charge in [0, 0.05) is 6.42 Å². The number of nitrogens with one attached hydrogen (secondary N) is 11. The Morgan fingerprint density at radius 3 is 1.20 bits per heavy atom. The molecule has 0 fully saturated rings. The minimum atomic E-state index is -1.60. The molecule has 23 heteroatoms. The lowest BCUT2D eigenvalue weighted by Crippen LogP contribution is -2.61. The molecule has 23 nitrogen and oxygen atoms in total. The first-order chi connectivity index (χ1) is 35.1. The van der Waals surface area contributed by atoms with Gasteiger partial charge < -0.3 is 63.6 Å². The van der Waals surface area contributed by atoms with Gasteiger partial charge in [-0.15, -0.1) is 0 Å². The van der Waals surface area contributed by atoms with Gasteiger partial charge in [-0.1, -0.05) is 94.4 Å². The second kappa shape index (κ2) is 34.0. The number of amides is 11. The number of carbonyl (C=O) groups is 11. The number of hydrogen-bond acceptors (Lipinski definition) is 12. The lowest BCUT2D eigenvalue weighted by atomic mass is 9.95. The van der Waals surface area contributed by atoms with E-state index in [1.807, 2.05) is 48.5 Å². The SMILES string of the molecule is CCCCCCCC(=O)NC(C)(C)C(=O)NCC(=O)N[C@@H](CC(C)C)C(=O)NC(C)(C)C(=O)NCC(=O)NCC(=O)N[C@@H](CC(C)C)C(=O)NC(C)(C)C(=O)NCC(=O)N[C@H](C(=O)N[C@@H](CC(C)C)C(C)O)[C@@H](C)CC. The van der Waals surface area contributed by atoms with Crippen LogP contribution in [0.15, 0.2) is 0 Å². The number of hydrogen-bond donors (Lipinski definition) is 12. The summed E-state index contributed by atoms with van der Waals surface area (Å²) in [4.78, 5) is 144. The van der Waals surface area contributed by atoms with Crippen molar-refractivity contribution in [1.29, 1.82) is 0 Å². The summed E-state index contributed by atoms with van der Waals surface area (Å²) in [6.45, 7) is 25.0. The van der Waals surface area contributed by atoms with Crippen LogP contribution in [0.2, 0.25) is 0 Å². The van der Waals surface area contributed by atoms with E-state index in [1.54, 1.807) is 13.8 Å². The van der Waals surface area contributed by atoms with E-state index in [1.165, 1.54) is 41.5 Å². The fraction of sp³-hybridized carbons (Fsp3) is 0.792. The zero-order chi connectivity index (χ0) is 58.7. The molecule has 0 aliphatic carbocycles. The molecular weight excluding hydrogens is 983 g/mol. The van der Waals surface area contributed by atoms with Crippen LogP contribution in [0.4, 0.5) is 0 Å². The van der Waals surface area contributed by atoms with Crippen molar-refractivity contribution in [1.82, 2.24) is 58.5 Å². The lowest BCUT2D eigenvalue weighted by molar-refractivity contribution is -0.136. The van der Waals surface area contributed by atoms with Crippen molar-refractivity contribution in [3.63, 3.8) is 0 Å². The second-order valence-corrected chi connectivity index (χ2v) is 22.8. The molecule has 0 bridgehead atoms. The molecule has 0 aliphatic rings. The van der Waals surface area contributed by atoms with Crippen molar-refractivity contribution in [2.75, 3.05) is 26.2 Å². The second-order valence-electron chi connectivity index (χ2n) is 22.8. The quantitative estimate of drug-likeness (QED) is 0.0391. The van der Waals surface area contributed by atoms with Crippen LogP contribution in [0.5, 0.6) is 0 Å². The van der Waals surface area contributed by atoms with Crippen LogP contribution in [0, 0.1) is 23.7 Å². The Balaban J connectivity index is 5.38. The maximum absolute atomic E-state index is 13.5. The third-order valence-electron chi connectivity index (χ3n) is 12.4. The molecule has 11 amide bonds. The van der Waals surface area contributed by atoms with Crippen LogP contribution < -0.4 is 58.5 Å². The predicted molar refractivity (Wildman–Crippen MR) is 289 cm³/mol. The molecule has 1 unspecified atom stereocenters. The highest BCUT2D eigenvalue weighted by atomic mass is 16.3. The van der Waals surface area contributed by atoms with Gasteiger partial charge >= 0.3 is 0 Å². The van der Waals surface area contributed by atoms with Gasteiger partial charge in [0.05, 0.1) is 38.3 Å². The highest BCUT2D eigenvalue weighted by Crippen LogP contribution is 2.14. The van der Waals surface area contributed by atoms with Crippen molar-refractivity contribution < 1.29 is 57.8 Å². The molecule has 0 aromatic heterocycles. The summed E-state index contributed by atoms with van der Waals surface area (Å²) < 4.78 is 0. The van der Waals surface area contributed by atoms with E-state index >= 15 is 0 Å². The van der Waals surface area contributed by atoms with Gasteiger partial charge in [0.25, 0.3) is 0 Å². The highest BCUT2D eigenvalue weighted by Gasteiger charge is 2.36. The Morgan fingerprint density at radius 1 is 0.421 bits per heavy atom. The largest absolute Gasteiger partial charge is 0.391 e. The summed E-state index contributed by atoms with van der Waals surface area (Å²) in [5.74, 6) is -7.42. The Morgan fingerprint density at radius 2 is 0.803 bits per heavy atom. The van der Waals surface area contributed by atoms with E-state index in [4.69, 9.17) is 0 Å². The summed E-state index contributed by atoms with van der Waals surface area (Å²) >= 11 is 0. The van der Waals surface area contributed by atoms with Gasteiger partial charge in [-0.3, -0.25) is 52.7 Å². The van der Waals surface area contributed by atoms with E-state index < -0.39 is 132 Å². The van der Waals surface area contributed by atoms with Gasteiger partial charge in [-0.25, -0.2) is 0 Å². The van der Waals surface area contributed by atoms with Crippen molar-refractivity contribution in [3.05, 3.63) is 0 Å². The van der Waals surface area contributed by atoms with Crippen molar-refractivity contribution >= 4 is 65.0 Å². The van der Waals surface area contributed by atoms with Crippen LogP contribution in [0.3, 0.4) is 0 Å². The van der Waals surface area contributed by atoms with Gasteiger partial charge in [0.15, 0.2) is 0 Å². The third-order valence-corrected chi connectivity index (χ3v) is 12.4. The monoisotopic (exact) mass is 1080 g/mol. The van der Waals surface area contributed by atoms with E-state index in [0.29, 0.717) is 19.3 Å². The summed E-state index contributed by atoms with van der Waals surface area (Å²) in [6.07, 6.45) is 5.64. The van der Waals surface area contributed by atoms with Crippen LogP contribution in [0.1, 0.15) is 175 Å². The zero-order valence-corrected chi connectivity index (χ0v) is 48.5. The molecule has 0 aromatic carbocycles. The van der Waals surface area contributed by atoms with E-state index in [2.05, 4.69) is 65.4 Å². The van der Waals surface area contributed by atoms with Crippen LogP contribution in [0.25, 0.3) is 0 Å². The summed E-state index contributed by atoms with van der Waals surface area (Å²) in [6, 6.07) is -3.73. The number of aliphatic hydroxyl groups is 1. The number of carbonyl (C=O) groups excluding carboxylic acids is 11. The van der Waals surface area contributed by atoms with Crippen LogP contribution >= 0.6 is 0 Å². The Kier molecular flexibility index (Phi) is 31.4. The molecule has 436 valence electrons. The third kappa shape index (κ3) is 28.3. The maximum Gasteiger partial charge on any atom is 0.245 e. The fourth-order valence-electron chi connectivity index (χ4n) is 7.63. The first-order valence-electron chi connectivity index (χ1n) is 27.0. The standard InChI is InChI=1S/C53H97N11O12/c1-17-19-20-21-22-23-39(66)62-51(11,12)48(74)56-29-42(69)59-38(26-33(7)8)46(72)63-52(13,14)49(75)55-27-40(67)54-28-41(68)58-37(25-32(5)6)45(71)64-53(15,16)50(76)57-30-43(70)61-44(34(9)18-2)47(73)60-36(35(10)65)24-31(3)4/h31-38,44,65H,17-30H2,1-16H3,(H,54,67)(H,55,75)(H,56,74)(H,57,76)(H,58,68)(H,59,69)(H,60,73)(H,61,70)(H,62,66)(H,63,72)(H,64,71)/t34-,35?,36-,37-,38-,44-/m0/s1. The molecule has 0 heterocycles. The number of aliphatic hydroxyl groups excluding tert-OH is 1. The van der Waals surface area contributed by atoms with E-state index in [0.717, 1.165) is 25.7 Å². The number of unbranched alkanes of at least 4 members (excludes halogenated alkanes) is 4. The summed E-state index contributed by atoms with van der Waals surface area (Å²) in [5, 5.41) is 38.6. The summed E-state index contributed by atoms with van der Waals surface area (Å²) in [5.41, 5.74) is -4.49. The molecule has 76 heavy (non-hydrogen) atoms. The van der Waals surface area contributed by atoms with Gasteiger partial charge in [-0.2, -0.15) is 0 Å². The fourth-order valence-corrected chi connectivity index (χ4v) is 7.63. The normalized spacial score (nSPS) is 14.2. The molecule has 0 spiro atoms. The molecule has 0 aromatic rings. The number of rotatable bonds is 36. The highest BCUT2D eigenvalue weighted by molar-refractivity contribution is 5.98. The molecule has 0 saturated carbocycles. The smallest absolute Gasteiger partial charge is 0.245 e. The first-order valence-corrected chi connectivity index (χ1v) is 27.0. The van der Waals surface area contributed by atoms with E-state index in [-0.39, 0.29) is 48.8 Å². The molecule has 0 aliphatic heterocycles. The van der Waals surface area contributed by atoms with E-state index in [9.17, 15) is 57.8 Å². The van der Waals surface area contributed by atoms with Crippen LogP contribution in [-0.4, -0.2) is 143 Å². The van der Waals surface area contributed by atoms with Crippen LogP contribution in [-0.2, 0) is 52.7 Å². The van der Waals surface area contributed by atoms with Crippen molar-refractivity contribution in [2.24, 2.45) is 23.7 Å². The van der Waals surface area contributed by atoms with Crippen molar-refractivity contribution in [3.8, 4) is 0 Å². The van der Waals surface area contributed by atoms with Gasteiger partial charge in [0.2, 0.25) is 65.0 Å². The molecule has 0 radical (unpaired) electrons. The minimum absolute atomic E-state index is 0.0805. The maximum atomic E-state index is 13.5. The zero-order valence-electron chi connectivity index (χ0n) is 48.5. The topological polar surface area (TPSA) is 340 Å². The molecular formula is C53H97N11O12. The summed E-state index contributed by atoms with van der Waals surface area (Å²) in [7, 11) is 0. The Hall–Kier alpha value is -5.87. The molecule has 12 N–H and O–H groups in total. The molecule has 6 atom stereocenters. The lowest BCUT2D eigenvalue weighted by Gasteiger charge is -2.30. The minimum Gasteiger partial charge on any atom is -0.391 e. The molecule has 0 saturated heterocycles. The van der Waals surface area contributed by atoms with Gasteiger partial charge in [0.1, 0.15) is 34.7 Å². The predicted octanol–water partition coefficient (Wildman–Crippen LogP) is 1.00. The Labute approximate surface area is 451 Å². The van der Waals surface area contributed by atoms with Gasteiger partial charge in [-0.05, 0) is 97.8 Å². The average molecular weight is 1080 g/mol. The average Bonchev–Trinajstić information content (AvgIpc) is 3.30. The Bertz CT molecular complexity index is 1950. The van der Waals surface area contributed by atoms with Crippen molar-refractivity contribution in [2.45, 2.75) is 222 Å². The first kappa shape index (κ1) is 70.1. The molecule has 0 rings (SSSR count).